The first-order valence-corrected chi connectivity index (χ1v) is 12.8. The second kappa shape index (κ2) is 10.6. The van der Waals surface area contributed by atoms with Crippen LogP contribution in [0.2, 0.25) is 0 Å². The van der Waals surface area contributed by atoms with E-state index in [0.717, 1.165) is 82.8 Å². The SMILES string of the molecule is O=C1[C@H](c2ccccc2)[C@H]2CCCCN2C(=O)N1CCCCN1CCN(c2ccccn2)CC1. The highest BCUT2D eigenvalue weighted by atomic mass is 16.2. The highest BCUT2D eigenvalue weighted by Gasteiger charge is 2.47. The van der Waals surface area contributed by atoms with Gasteiger partial charge >= 0.3 is 6.03 Å². The molecule has 3 amide bonds. The van der Waals surface area contributed by atoms with Crippen LogP contribution in [0.3, 0.4) is 0 Å². The number of piperidine rings is 1. The first-order chi connectivity index (χ1) is 16.7. The van der Waals surface area contributed by atoms with Crippen LogP contribution in [0.15, 0.2) is 54.7 Å². The second-order valence-corrected chi connectivity index (χ2v) is 9.64. The molecule has 7 heteroatoms. The second-order valence-electron chi connectivity index (χ2n) is 9.64. The molecule has 3 saturated heterocycles. The summed E-state index contributed by atoms with van der Waals surface area (Å²) in [5.74, 6) is 0.801. The quantitative estimate of drug-likeness (QED) is 0.590. The molecule has 0 radical (unpaired) electrons. The van der Waals surface area contributed by atoms with Gasteiger partial charge in [0.05, 0.1) is 5.92 Å². The van der Waals surface area contributed by atoms with E-state index in [0.29, 0.717) is 6.54 Å². The number of pyridine rings is 1. The van der Waals surface area contributed by atoms with Gasteiger partial charge in [0, 0.05) is 51.5 Å². The molecule has 4 heterocycles. The van der Waals surface area contributed by atoms with Crippen LogP contribution in [0, 0.1) is 0 Å². The van der Waals surface area contributed by atoms with Crippen LogP contribution in [0.25, 0.3) is 0 Å². The van der Waals surface area contributed by atoms with Crippen LogP contribution >= 0.6 is 0 Å². The summed E-state index contributed by atoms with van der Waals surface area (Å²) < 4.78 is 0. The van der Waals surface area contributed by atoms with Gasteiger partial charge in [0.1, 0.15) is 5.82 Å². The lowest BCUT2D eigenvalue weighted by molar-refractivity contribution is -0.135. The Balaban J connectivity index is 1.14. The fourth-order valence-electron chi connectivity index (χ4n) is 5.70. The van der Waals surface area contributed by atoms with Gasteiger partial charge in [0.15, 0.2) is 0 Å². The molecule has 0 spiro atoms. The third-order valence-corrected chi connectivity index (χ3v) is 7.55. The van der Waals surface area contributed by atoms with Crippen molar-refractivity contribution in [3.63, 3.8) is 0 Å². The summed E-state index contributed by atoms with van der Waals surface area (Å²) in [6.45, 7) is 6.27. The lowest BCUT2D eigenvalue weighted by Gasteiger charge is -2.47. The Labute approximate surface area is 202 Å². The molecular weight excluding hydrogens is 426 g/mol. The normalized spacial score (nSPS) is 23.8. The standard InChI is InChI=1S/C27H35N5O2/c33-26-25(22-10-2-1-3-11-22)23-12-5-7-16-31(23)27(34)32(26)17-9-8-15-29-18-20-30(21-19-29)24-13-4-6-14-28-24/h1-4,6,10-11,13-14,23,25H,5,7-9,12,15-21H2/t23-,25-/m1/s1. The van der Waals surface area contributed by atoms with Crippen molar-refractivity contribution in [3.05, 3.63) is 60.3 Å². The minimum Gasteiger partial charge on any atom is -0.354 e. The first kappa shape index (κ1) is 22.8. The van der Waals surface area contributed by atoms with Gasteiger partial charge in [-0.1, -0.05) is 36.4 Å². The number of carbonyl (C=O) groups is 2. The summed E-state index contributed by atoms with van der Waals surface area (Å²) >= 11 is 0. The van der Waals surface area contributed by atoms with E-state index in [9.17, 15) is 9.59 Å². The molecule has 0 bridgehead atoms. The molecule has 2 atom stereocenters. The molecule has 0 aliphatic carbocycles. The molecular formula is C27H35N5O2. The molecule has 7 nitrogen and oxygen atoms in total. The predicted molar refractivity (Wildman–Crippen MR) is 133 cm³/mol. The fraction of sp³-hybridized carbons (Fsp3) is 0.519. The molecule has 3 aliphatic rings. The number of amides is 3. The number of anilines is 1. The maximum atomic E-state index is 13.5. The molecule has 180 valence electrons. The van der Waals surface area contributed by atoms with Crippen LogP contribution in [0.1, 0.15) is 43.6 Å². The van der Waals surface area contributed by atoms with Gasteiger partial charge in [-0.15, -0.1) is 0 Å². The van der Waals surface area contributed by atoms with E-state index in [1.807, 2.05) is 53.6 Å². The largest absolute Gasteiger partial charge is 0.354 e. The van der Waals surface area contributed by atoms with Crippen molar-refractivity contribution in [2.24, 2.45) is 0 Å². The van der Waals surface area contributed by atoms with E-state index in [2.05, 4.69) is 20.9 Å². The van der Waals surface area contributed by atoms with Crippen molar-refractivity contribution < 1.29 is 9.59 Å². The van der Waals surface area contributed by atoms with E-state index in [1.54, 1.807) is 4.90 Å². The number of rotatable bonds is 7. The van der Waals surface area contributed by atoms with Crippen LogP contribution in [0.5, 0.6) is 0 Å². The zero-order valence-corrected chi connectivity index (χ0v) is 19.9. The highest BCUT2D eigenvalue weighted by Crippen LogP contribution is 2.36. The van der Waals surface area contributed by atoms with Crippen LogP contribution in [-0.4, -0.2) is 83.5 Å². The number of hydrogen-bond acceptors (Lipinski definition) is 5. The summed E-state index contributed by atoms with van der Waals surface area (Å²) in [6, 6.07) is 16.0. The number of nitrogens with zero attached hydrogens (tertiary/aromatic N) is 5. The minimum atomic E-state index is -0.237. The van der Waals surface area contributed by atoms with Gasteiger partial charge in [0.2, 0.25) is 5.91 Å². The average molecular weight is 462 g/mol. The molecule has 3 aliphatic heterocycles. The molecule has 3 fully saturated rings. The highest BCUT2D eigenvalue weighted by molar-refractivity contribution is 6.01. The number of fused-ring (bicyclic) bond motifs is 1. The summed E-state index contributed by atoms with van der Waals surface area (Å²) in [7, 11) is 0. The van der Waals surface area contributed by atoms with Crippen molar-refractivity contribution in [1.29, 1.82) is 0 Å². The maximum Gasteiger partial charge on any atom is 0.326 e. The first-order valence-electron chi connectivity index (χ1n) is 12.8. The number of hydrogen-bond donors (Lipinski definition) is 0. The smallest absolute Gasteiger partial charge is 0.326 e. The third-order valence-electron chi connectivity index (χ3n) is 7.55. The summed E-state index contributed by atoms with van der Waals surface area (Å²) in [4.78, 5) is 39.5. The van der Waals surface area contributed by atoms with Crippen LogP contribution in [0.4, 0.5) is 10.6 Å². The van der Waals surface area contributed by atoms with Crippen molar-refractivity contribution >= 4 is 17.8 Å². The summed E-state index contributed by atoms with van der Waals surface area (Å²) in [5.41, 5.74) is 1.03. The number of piperazine rings is 1. The Morgan fingerprint density at radius 1 is 0.824 bits per heavy atom. The lowest BCUT2D eigenvalue weighted by atomic mass is 9.82. The van der Waals surface area contributed by atoms with Crippen LogP contribution in [-0.2, 0) is 4.79 Å². The van der Waals surface area contributed by atoms with E-state index in [4.69, 9.17) is 0 Å². The zero-order chi connectivity index (χ0) is 23.3. The monoisotopic (exact) mass is 461 g/mol. The van der Waals surface area contributed by atoms with E-state index >= 15 is 0 Å². The number of imide groups is 1. The van der Waals surface area contributed by atoms with Gasteiger partial charge in [0.25, 0.3) is 0 Å². The molecule has 0 unspecified atom stereocenters. The van der Waals surface area contributed by atoms with E-state index < -0.39 is 0 Å². The number of unbranched alkanes of at least 4 members (excludes halogenated alkanes) is 1. The van der Waals surface area contributed by atoms with E-state index in [1.165, 1.54) is 0 Å². The average Bonchev–Trinajstić information content (AvgIpc) is 2.90. The van der Waals surface area contributed by atoms with Crippen molar-refractivity contribution in [2.45, 2.75) is 44.1 Å². The Bertz CT molecular complexity index is 962. The lowest BCUT2D eigenvalue weighted by Crippen LogP contribution is -2.62. The number of aromatic nitrogens is 1. The van der Waals surface area contributed by atoms with Crippen LogP contribution < -0.4 is 4.90 Å². The predicted octanol–water partition coefficient (Wildman–Crippen LogP) is 3.58. The molecule has 1 aromatic carbocycles. The molecule has 0 saturated carbocycles. The van der Waals surface area contributed by atoms with Gasteiger partial charge in [-0.3, -0.25) is 14.6 Å². The molecule has 5 rings (SSSR count). The number of carbonyl (C=O) groups excluding carboxylic acids is 2. The maximum absolute atomic E-state index is 13.5. The van der Waals surface area contributed by atoms with Gasteiger partial charge in [-0.2, -0.15) is 0 Å². The molecule has 34 heavy (non-hydrogen) atoms. The third kappa shape index (κ3) is 4.80. The molecule has 0 N–H and O–H groups in total. The zero-order valence-electron chi connectivity index (χ0n) is 19.9. The Kier molecular flexibility index (Phi) is 7.09. The molecule has 1 aromatic heterocycles. The summed E-state index contributed by atoms with van der Waals surface area (Å²) in [5, 5.41) is 0. The Morgan fingerprint density at radius 2 is 1.59 bits per heavy atom. The van der Waals surface area contributed by atoms with Crippen molar-refractivity contribution in [1.82, 2.24) is 19.7 Å². The van der Waals surface area contributed by atoms with E-state index in [-0.39, 0.29) is 23.9 Å². The van der Waals surface area contributed by atoms with Crippen molar-refractivity contribution in [3.8, 4) is 0 Å². The van der Waals surface area contributed by atoms with Gasteiger partial charge in [-0.05, 0) is 56.3 Å². The van der Waals surface area contributed by atoms with Gasteiger partial charge in [-0.25, -0.2) is 9.78 Å². The Morgan fingerprint density at radius 3 is 2.35 bits per heavy atom. The minimum absolute atomic E-state index is 0.00259. The molecule has 2 aromatic rings. The Hall–Kier alpha value is -2.93. The number of urea groups is 1. The van der Waals surface area contributed by atoms with Crippen molar-refractivity contribution in [2.75, 3.05) is 50.7 Å². The van der Waals surface area contributed by atoms with Gasteiger partial charge < -0.3 is 9.80 Å². The number of benzene rings is 1. The fourth-order valence-corrected chi connectivity index (χ4v) is 5.70. The summed E-state index contributed by atoms with van der Waals surface area (Å²) in [6.07, 6.45) is 6.70. The topological polar surface area (TPSA) is 60.0 Å².